The number of nitrogens with zero attached hydrogens (tertiary/aromatic N) is 6. The zero-order chi connectivity index (χ0) is 22.1. The van der Waals surface area contributed by atoms with E-state index < -0.39 is 6.43 Å². The highest BCUT2D eigenvalue weighted by atomic mass is 127. The van der Waals surface area contributed by atoms with Crippen molar-refractivity contribution in [1.82, 2.24) is 35.2 Å². The van der Waals surface area contributed by atoms with Crippen LogP contribution in [0.3, 0.4) is 0 Å². The summed E-state index contributed by atoms with van der Waals surface area (Å²) in [7, 11) is 1.93. The lowest BCUT2D eigenvalue weighted by Crippen LogP contribution is -2.49. The number of hydrogen-bond donors (Lipinski definition) is 2. The highest BCUT2D eigenvalue weighted by Gasteiger charge is 2.22. The fraction of sp³-hybridized carbons (Fsp3) is 0.850. The molecule has 2 aliphatic heterocycles. The van der Waals surface area contributed by atoms with E-state index in [0.29, 0.717) is 19.6 Å². The molecule has 32 heavy (non-hydrogen) atoms. The average Bonchev–Trinajstić information content (AvgIpc) is 3.08. The quantitative estimate of drug-likeness (QED) is 0.200. The van der Waals surface area contributed by atoms with E-state index in [1.54, 1.807) is 0 Å². The Balaban J connectivity index is 0.00000363. The number of hydrogen-bond acceptors (Lipinski definition) is 6. The maximum Gasteiger partial charge on any atom is 0.251 e. The summed E-state index contributed by atoms with van der Waals surface area (Å²) in [5.41, 5.74) is 0. The minimum atomic E-state index is -2.27. The highest BCUT2D eigenvalue weighted by Crippen LogP contribution is 2.12. The van der Waals surface area contributed by atoms with Crippen molar-refractivity contribution in [3.63, 3.8) is 0 Å². The van der Waals surface area contributed by atoms with E-state index >= 15 is 0 Å². The van der Waals surface area contributed by atoms with E-state index in [1.807, 2.05) is 23.4 Å². The van der Waals surface area contributed by atoms with Crippen molar-refractivity contribution in [2.24, 2.45) is 12.0 Å². The highest BCUT2D eigenvalue weighted by molar-refractivity contribution is 14.0. The van der Waals surface area contributed by atoms with E-state index in [4.69, 9.17) is 9.73 Å². The molecule has 1 aromatic rings. The summed E-state index contributed by atoms with van der Waals surface area (Å²) in [6.45, 7) is 8.98. The van der Waals surface area contributed by atoms with Crippen molar-refractivity contribution in [3.05, 3.63) is 11.6 Å². The Labute approximate surface area is 206 Å². The number of likely N-dealkylation sites (tertiary alicyclic amines) is 1. The lowest BCUT2D eigenvalue weighted by atomic mass is 10.1. The van der Waals surface area contributed by atoms with E-state index in [1.165, 1.54) is 0 Å². The topological polar surface area (TPSA) is 82.8 Å². The number of piperidine rings is 1. The van der Waals surface area contributed by atoms with Gasteiger partial charge in [0.05, 0.1) is 19.8 Å². The molecule has 0 atom stereocenters. The summed E-state index contributed by atoms with van der Waals surface area (Å²) in [5, 5.41) is 15.2. The molecule has 184 valence electrons. The lowest BCUT2D eigenvalue weighted by Gasteiger charge is -2.33. The van der Waals surface area contributed by atoms with Crippen molar-refractivity contribution < 1.29 is 13.5 Å². The standard InChI is InChI=1S/C20H36F2N8O.HI/c1-16-26-27-19(28(16)2)14-24-20(23-6-3-7-29-10-12-31-13-11-29)25-17-4-8-30(9-5-17)15-18(21)22;/h17-18H,3-15H2,1-2H3,(H2,23,24,25);1H. The smallest absolute Gasteiger partial charge is 0.251 e. The van der Waals surface area contributed by atoms with Gasteiger partial charge in [0.1, 0.15) is 12.4 Å². The molecule has 0 unspecified atom stereocenters. The van der Waals surface area contributed by atoms with Crippen LogP contribution in [0.1, 0.15) is 30.9 Å². The van der Waals surface area contributed by atoms with Crippen LogP contribution in [0.25, 0.3) is 0 Å². The van der Waals surface area contributed by atoms with E-state index in [9.17, 15) is 8.78 Å². The average molecular weight is 570 g/mol. The molecule has 0 aliphatic carbocycles. The predicted molar refractivity (Wildman–Crippen MR) is 131 cm³/mol. The summed E-state index contributed by atoms with van der Waals surface area (Å²) < 4.78 is 32.6. The Kier molecular flexibility index (Phi) is 12.0. The Morgan fingerprint density at radius 2 is 1.88 bits per heavy atom. The lowest BCUT2D eigenvalue weighted by molar-refractivity contribution is 0.0376. The normalized spacial score (nSPS) is 19.2. The Bertz CT molecular complexity index is 691. The summed E-state index contributed by atoms with van der Waals surface area (Å²) in [4.78, 5) is 8.96. The third-order valence-corrected chi connectivity index (χ3v) is 5.93. The van der Waals surface area contributed by atoms with Crippen LogP contribution in [0.4, 0.5) is 8.78 Å². The van der Waals surface area contributed by atoms with Crippen molar-refractivity contribution >= 4 is 29.9 Å². The first-order valence-electron chi connectivity index (χ1n) is 11.2. The fourth-order valence-corrected chi connectivity index (χ4v) is 3.87. The third kappa shape index (κ3) is 9.02. The summed E-state index contributed by atoms with van der Waals surface area (Å²) in [6.07, 6.45) is 0.384. The molecule has 1 aromatic heterocycles. The van der Waals surface area contributed by atoms with Gasteiger partial charge < -0.3 is 19.9 Å². The molecule has 3 rings (SSSR count). The van der Waals surface area contributed by atoms with Crippen LogP contribution in [-0.2, 0) is 18.3 Å². The van der Waals surface area contributed by atoms with Gasteiger partial charge in [-0.3, -0.25) is 9.80 Å². The number of ether oxygens (including phenoxy) is 1. The van der Waals surface area contributed by atoms with Gasteiger partial charge in [0.2, 0.25) is 0 Å². The second kappa shape index (κ2) is 14.2. The van der Waals surface area contributed by atoms with Gasteiger partial charge in [-0.1, -0.05) is 0 Å². The summed E-state index contributed by atoms with van der Waals surface area (Å²) >= 11 is 0. The van der Waals surface area contributed by atoms with Gasteiger partial charge in [0, 0.05) is 45.8 Å². The molecule has 3 heterocycles. The molecule has 12 heteroatoms. The zero-order valence-corrected chi connectivity index (χ0v) is 21.4. The van der Waals surface area contributed by atoms with Gasteiger partial charge in [-0.25, -0.2) is 13.8 Å². The van der Waals surface area contributed by atoms with Gasteiger partial charge in [-0.15, -0.1) is 34.2 Å². The van der Waals surface area contributed by atoms with Crippen molar-refractivity contribution in [1.29, 1.82) is 0 Å². The summed E-state index contributed by atoms with van der Waals surface area (Å²) in [5.74, 6) is 2.40. The molecule has 0 radical (unpaired) electrons. The number of rotatable bonds is 9. The Hall–Kier alpha value is -1.12. The predicted octanol–water partition coefficient (Wildman–Crippen LogP) is 1.23. The first-order chi connectivity index (χ1) is 15.0. The van der Waals surface area contributed by atoms with Crippen LogP contribution < -0.4 is 10.6 Å². The zero-order valence-electron chi connectivity index (χ0n) is 19.1. The second-order valence-electron chi connectivity index (χ2n) is 8.23. The van der Waals surface area contributed by atoms with Gasteiger partial charge in [-0.2, -0.15) is 0 Å². The molecule has 9 nitrogen and oxygen atoms in total. The number of nitrogens with one attached hydrogen (secondary N) is 2. The molecule has 0 aromatic carbocycles. The van der Waals surface area contributed by atoms with Crippen LogP contribution in [0.15, 0.2) is 4.99 Å². The molecule has 2 N–H and O–H groups in total. The number of morpholine rings is 1. The Morgan fingerprint density at radius 3 is 2.50 bits per heavy atom. The van der Waals surface area contributed by atoms with Crippen LogP contribution in [0, 0.1) is 6.92 Å². The summed E-state index contributed by atoms with van der Waals surface area (Å²) in [6, 6.07) is 0.223. The molecule has 0 saturated carbocycles. The van der Waals surface area contributed by atoms with Gasteiger partial charge in [-0.05, 0) is 32.7 Å². The Morgan fingerprint density at radius 1 is 1.16 bits per heavy atom. The number of guanidine groups is 1. The molecule has 0 spiro atoms. The number of halogens is 3. The van der Waals surface area contributed by atoms with Crippen LogP contribution in [0.2, 0.25) is 0 Å². The number of aliphatic imine (C=N–C) groups is 1. The monoisotopic (exact) mass is 570 g/mol. The first-order valence-corrected chi connectivity index (χ1v) is 11.2. The van der Waals surface area contributed by atoms with Crippen LogP contribution in [0.5, 0.6) is 0 Å². The van der Waals surface area contributed by atoms with E-state index in [2.05, 4.69) is 25.7 Å². The molecule has 2 aliphatic rings. The van der Waals surface area contributed by atoms with Gasteiger partial charge in [0.25, 0.3) is 6.43 Å². The number of alkyl halides is 2. The number of aryl methyl sites for hydroxylation is 1. The second-order valence-corrected chi connectivity index (χ2v) is 8.23. The largest absolute Gasteiger partial charge is 0.379 e. The van der Waals surface area contributed by atoms with Crippen molar-refractivity contribution in [3.8, 4) is 0 Å². The number of aromatic nitrogens is 3. The fourth-order valence-electron chi connectivity index (χ4n) is 3.87. The maximum atomic E-state index is 12.6. The maximum absolute atomic E-state index is 12.6. The molecular formula is C20H37F2IN8O. The first kappa shape index (κ1) is 27.1. The third-order valence-electron chi connectivity index (χ3n) is 5.93. The van der Waals surface area contributed by atoms with E-state index in [-0.39, 0.29) is 36.6 Å². The van der Waals surface area contributed by atoms with Crippen molar-refractivity contribution in [2.45, 2.75) is 45.2 Å². The molecule has 2 saturated heterocycles. The molecule has 0 bridgehead atoms. The molecular weight excluding hydrogens is 533 g/mol. The van der Waals surface area contributed by atoms with Gasteiger partial charge in [0.15, 0.2) is 11.8 Å². The van der Waals surface area contributed by atoms with Crippen molar-refractivity contribution in [2.75, 3.05) is 59.0 Å². The molecule has 0 amide bonds. The minimum absolute atomic E-state index is 0. The minimum Gasteiger partial charge on any atom is -0.379 e. The molecule has 2 fully saturated rings. The van der Waals surface area contributed by atoms with Crippen LogP contribution >= 0.6 is 24.0 Å². The SMILES string of the molecule is Cc1nnc(CN=C(NCCCN2CCOCC2)NC2CCN(CC(F)F)CC2)n1C.I. The van der Waals surface area contributed by atoms with E-state index in [0.717, 1.165) is 76.3 Å². The van der Waals surface area contributed by atoms with Gasteiger partial charge >= 0.3 is 0 Å². The van der Waals surface area contributed by atoms with Crippen LogP contribution in [-0.4, -0.2) is 102 Å².